The number of ketones is 1. The monoisotopic (exact) mass is 192 g/mol. The summed E-state index contributed by atoms with van der Waals surface area (Å²) >= 11 is 0. The van der Waals surface area contributed by atoms with Crippen molar-refractivity contribution in [2.45, 2.75) is 13.8 Å². The van der Waals surface area contributed by atoms with E-state index in [2.05, 4.69) is 9.97 Å². The summed E-state index contributed by atoms with van der Waals surface area (Å²) in [4.78, 5) is 19.2. The molecule has 0 unspecified atom stereocenters. The van der Waals surface area contributed by atoms with E-state index >= 15 is 0 Å². The fourth-order valence-corrected chi connectivity index (χ4v) is 0.922. The van der Waals surface area contributed by atoms with Gasteiger partial charge in [0, 0.05) is 6.07 Å². The van der Waals surface area contributed by atoms with Gasteiger partial charge in [0.15, 0.2) is 0 Å². The Balaban J connectivity index is 2.96. The summed E-state index contributed by atoms with van der Waals surface area (Å²) in [6.45, 7) is 3.71. The molecule has 1 rings (SSSR count). The lowest BCUT2D eigenvalue weighted by Gasteiger charge is -1.99. The third kappa shape index (κ3) is 2.65. The molecule has 1 heterocycles. The average molecular weight is 192 g/mol. The molecule has 1 aromatic heterocycles. The van der Waals surface area contributed by atoms with Crippen LogP contribution in [0.4, 0.5) is 0 Å². The van der Waals surface area contributed by atoms with Crippen molar-refractivity contribution in [3.8, 4) is 5.88 Å². The molecule has 0 N–H and O–H groups in total. The third-order valence-corrected chi connectivity index (χ3v) is 1.52. The number of hydrogen-bond acceptors (Lipinski definition) is 4. The van der Waals surface area contributed by atoms with Crippen LogP contribution in [0, 0.1) is 0 Å². The summed E-state index contributed by atoms with van der Waals surface area (Å²) in [6, 6.07) is 1.52. The van der Waals surface area contributed by atoms with Gasteiger partial charge in [-0.15, -0.1) is 0 Å². The quantitative estimate of drug-likeness (QED) is 0.539. The minimum absolute atomic E-state index is 0.134. The molecule has 0 fully saturated rings. The minimum Gasteiger partial charge on any atom is -0.481 e. The van der Waals surface area contributed by atoms with Gasteiger partial charge in [0.25, 0.3) is 0 Å². The lowest BCUT2D eigenvalue weighted by Crippen LogP contribution is -2.00. The van der Waals surface area contributed by atoms with Gasteiger partial charge in [-0.3, -0.25) is 4.79 Å². The van der Waals surface area contributed by atoms with Gasteiger partial charge in [0.05, 0.1) is 7.11 Å². The molecule has 0 saturated heterocycles. The molecule has 0 aromatic carbocycles. The van der Waals surface area contributed by atoms with Crippen molar-refractivity contribution in [1.29, 1.82) is 0 Å². The molecule has 4 heteroatoms. The van der Waals surface area contributed by atoms with Crippen LogP contribution in [0.15, 0.2) is 24.0 Å². The van der Waals surface area contributed by atoms with Crippen LogP contribution in [0.3, 0.4) is 0 Å². The van der Waals surface area contributed by atoms with Gasteiger partial charge < -0.3 is 4.74 Å². The normalized spacial score (nSPS) is 9.36. The molecule has 1 aromatic rings. The van der Waals surface area contributed by atoms with E-state index in [0.29, 0.717) is 11.6 Å². The Morgan fingerprint density at radius 2 is 2.14 bits per heavy atom. The van der Waals surface area contributed by atoms with Crippen molar-refractivity contribution in [3.63, 3.8) is 0 Å². The highest BCUT2D eigenvalue weighted by Crippen LogP contribution is 2.07. The molecule has 0 bridgehead atoms. The number of ether oxygens (including phenoxy) is 1. The molecule has 0 saturated carbocycles. The summed E-state index contributed by atoms with van der Waals surface area (Å²) in [7, 11) is 1.50. The molecule has 0 atom stereocenters. The Morgan fingerprint density at radius 1 is 1.43 bits per heavy atom. The van der Waals surface area contributed by atoms with Crippen molar-refractivity contribution in [3.05, 3.63) is 29.7 Å². The molecule has 0 radical (unpaired) electrons. The van der Waals surface area contributed by atoms with Crippen LogP contribution in [0.25, 0.3) is 0 Å². The lowest BCUT2D eigenvalue weighted by atomic mass is 10.2. The van der Waals surface area contributed by atoms with Crippen LogP contribution < -0.4 is 4.74 Å². The van der Waals surface area contributed by atoms with Gasteiger partial charge >= 0.3 is 0 Å². The first-order valence-electron chi connectivity index (χ1n) is 4.18. The van der Waals surface area contributed by atoms with Crippen molar-refractivity contribution < 1.29 is 9.53 Å². The first-order chi connectivity index (χ1) is 6.63. The second kappa shape index (κ2) is 4.50. The predicted molar refractivity (Wildman–Crippen MR) is 52.3 cm³/mol. The largest absolute Gasteiger partial charge is 0.481 e. The molecular formula is C10H12N2O2. The highest BCUT2D eigenvalue weighted by atomic mass is 16.5. The maximum atomic E-state index is 11.5. The molecule has 0 amide bonds. The Labute approximate surface area is 82.6 Å². The fraction of sp³-hybridized carbons (Fsp3) is 0.300. The van der Waals surface area contributed by atoms with E-state index in [-0.39, 0.29) is 5.78 Å². The number of carbonyl (C=O) groups is 1. The van der Waals surface area contributed by atoms with E-state index in [4.69, 9.17) is 4.74 Å². The molecule has 74 valence electrons. The van der Waals surface area contributed by atoms with Crippen LogP contribution in [0.5, 0.6) is 5.88 Å². The molecule has 0 aliphatic carbocycles. The molecule has 0 aliphatic heterocycles. The third-order valence-electron chi connectivity index (χ3n) is 1.52. The second-order valence-corrected chi connectivity index (χ2v) is 3.03. The van der Waals surface area contributed by atoms with E-state index in [1.54, 1.807) is 0 Å². The van der Waals surface area contributed by atoms with E-state index in [1.165, 1.54) is 25.6 Å². The summed E-state index contributed by atoms with van der Waals surface area (Å²) in [5.74, 6) is 0.260. The van der Waals surface area contributed by atoms with Crippen molar-refractivity contribution in [2.75, 3.05) is 7.11 Å². The van der Waals surface area contributed by atoms with E-state index in [1.807, 2.05) is 13.8 Å². The van der Waals surface area contributed by atoms with Crippen LogP contribution in [0.2, 0.25) is 0 Å². The summed E-state index contributed by atoms with van der Waals surface area (Å²) < 4.78 is 4.89. The van der Waals surface area contributed by atoms with E-state index < -0.39 is 0 Å². The maximum Gasteiger partial charge on any atom is 0.216 e. The van der Waals surface area contributed by atoms with Gasteiger partial charge in [-0.25, -0.2) is 9.97 Å². The van der Waals surface area contributed by atoms with Crippen LogP contribution in [-0.2, 0) is 0 Å². The topological polar surface area (TPSA) is 52.1 Å². The first-order valence-corrected chi connectivity index (χ1v) is 4.18. The SMILES string of the molecule is COc1cc(C(=O)C=C(C)C)ncn1. The number of hydrogen-bond donors (Lipinski definition) is 0. The average Bonchev–Trinajstić information content (AvgIpc) is 2.17. The summed E-state index contributed by atoms with van der Waals surface area (Å²) in [6.07, 6.45) is 2.84. The Bertz CT molecular complexity index is 368. The highest BCUT2D eigenvalue weighted by Gasteiger charge is 2.05. The fourth-order valence-electron chi connectivity index (χ4n) is 0.922. The van der Waals surface area contributed by atoms with Crippen LogP contribution >= 0.6 is 0 Å². The van der Waals surface area contributed by atoms with Crippen molar-refractivity contribution in [1.82, 2.24) is 9.97 Å². The number of aromatic nitrogens is 2. The van der Waals surface area contributed by atoms with Crippen LogP contribution in [-0.4, -0.2) is 22.9 Å². The number of nitrogens with zero attached hydrogens (tertiary/aromatic N) is 2. The van der Waals surface area contributed by atoms with Gasteiger partial charge in [0.2, 0.25) is 11.7 Å². The number of allylic oxidation sites excluding steroid dienone is 2. The zero-order valence-corrected chi connectivity index (χ0v) is 8.44. The highest BCUT2D eigenvalue weighted by molar-refractivity contribution is 6.03. The minimum atomic E-state index is -0.134. The number of methoxy groups -OCH3 is 1. The van der Waals surface area contributed by atoms with Crippen molar-refractivity contribution >= 4 is 5.78 Å². The van der Waals surface area contributed by atoms with Gasteiger partial charge in [-0.2, -0.15) is 0 Å². The summed E-state index contributed by atoms with van der Waals surface area (Å²) in [5, 5.41) is 0. The van der Waals surface area contributed by atoms with Gasteiger partial charge in [0.1, 0.15) is 12.0 Å². The molecule has 0 aliphatic rings. The predicted octanol–water partition coefficient (Wildman–Crippen LogP) is 1.63. The van der Waals surface area contributed by atoms with Crippen molar-refractivity contribution in [2.24, 2.45) is 0 Å². The standard InChI is InChI=1S/C10H12N2O2/c1-7(2)4-9(13)8-5-10(14-3)12-6-11-8/h4-6H,1-3H3. The Hall–Kier alpha value is -1.71. The second-order valence-electron chi connectivity index (χ2n) is 3.03. The van der Waals surface area contributed by atoms with E-state index in [9.17, 15) is 4.79 Å². The smallest absolute Gasteiger partial charge is 0.216 e. The van der Waals surface area contributed by atoms with Crippen LogP contribution in [0.1, 0.15) is 24.3 Å². The molecule has 14 heavy (non-hydrogen) atoms. The van der Waals surface area contributed by atoms with E-state index in [0.717, 1.165) is 5.57 Å². The molecule has 0 spiro atoms. The first kappa shape index (κ1) is 10.4. The Morgan fingerprint density at radius 3 is 2.71 bits per heavy atom. The number of carbonyl (C=O) groups excluding carboxylic acids is 1. The zero-order valence-electron chi connectivity index (χ0n) is 8.44. The van der Waals surface area contributed by atoms with Gasteiger partial charge in [-0.1, -0.05) is 5.57 Å². The zero-order chi connectivity index (χ0) is 10.6. The molecule has 4 nitrogen and oxygen atoms in total. The summed E-state index contributed by atoms with van der Waals surface area (Å²) in [5.41, 5.74) is 1.28. The maximum absolute atomic E-state index is 11.5. The van der Waals surface area contributed by atoms with Gasteiger partial charge in [-0.05, 0) is 19.9 Å². The number of rotatable bonds is 3. The Kier molecular flexibility index (Phi) is 3.34. The lowest BCUT2D eigenvalue weighted by molar-refractivity contribution is 0.104. The molecular weight excluding hydrogens is 180 g/mol.